The molecule has 0 radical (unpaired) electrons. The van der Waals surface area contributed by atoms with Crippen molar-refractivity contribution in [3.8, 4) is 5.88 Å². The average molecular weight is 458 g/mol. The summed E-state index contributed by atoms with van der Waals surface area (Å²) in [5, 5.41) is 11.0. The molecule has 1 aromatic carbocycles. The van der Waals surface area contributed by atoms with Gasteiger partial charge in [0.25, 0.3) is 11.1 Å². The summed E-state index contributed by atoms with van der Waals surface area (Å²) in [5.74, 6) is 0.374. The van der Waals surface area contributed by atoms with Crippen LogP contribution in [0.5, 0.6) is 5.88 Å². The van der Waals surface area contributed by atoms with Crippen molar-refractivity contribution in [3.63, 3.8) is 0 Å². The maximum Gasteiger partial charge on any atom is 0.332 e. The van der Waals surface area contributed by atoms with E-state index in [0.717, 1.165) is 14.5 Å². The normalized spacial score (nSPS) is 12.6. The Labute approximate surface area is 184 Å². The third-order valence-electron chi connectivity index (χ3n) is 5.55. The number of fused-ring (bicyclic) bond motifs is 3. The predicted molar refractivity (Wildman–Crippen MR) is 122 cm³/mol. The molecular weight excluding hydrogens is 434 g/mol. The summed E-state index contributed by atoms with van der Waals surface area (Å²) >= 11 is 0. The highest BCUT2D eigenvalue weighted by molar-refractivity contribution is 7.84. The number of aryl methyl sites for hydroxylation is 1. The van der Waals surface area contributed by atoms with Gasteiger partial charge in [0, 0.05) is 36.4 Å². The van der Waals surface area contributed by atoms with Gasteiger partial charge in [-0.2, -0.15) is 4.98 Å². The van der Waals surface area contributed by atoms with E-state index < -0.39 is 27.6 Å². The monoisotopic (exact) mass is 457 g/mol. The van der Waals surface area contributed by atoms with Crippen molar-refractivity contribution in [3.05, 3.63) is 72.7 Å². The highest BCUT2D eigenvalue weighted by Gasteiger charge is 2.24. The zero-order chi connectivity index (χ0) is 23.2. The number of imidazole rings is 1. The predicted octanol–water partition coefficient (Wildman–Crippen LogP) is 0.112. The minimum Gasteiger partial charge on any atom is -0.494 e. The van der Waals surface area contributed by atoms with E-state index in [0.29, 0.717) is 5.75 Å². The fourth-order valence-electron chi connectivity index (χ4n) is 3.74. The molecule has 168 valence electrons. The first-order chi connectivity index (χ1) is 15.3. The number of nitrogens with zero attached hydrogens (tertiary/aromatic N) is 5. The zero-order valence-corrected chi connectivity index (χ0v) is 18.8. The Morgan fingerprint density at radius 3 is 2.38 bits per heavy atom. The Kier molecular flexibility index (Phi) is 5.59. The summed E-state index contributed by atoms with van der Waals surface area (Å²) in [4.78, 5) is 43.1. The quantitative estimate of drug-likeness (QED) is 0.439. The van der Waals surface area contributed by atoms with E-state index >= 15 is 0 Å². The molecule has 4 rings (SSSR count). The number of hydrogen-bond acceptors (Lipinski definition) is 6. The van der Waals surface area contributed by atoms with Crippen LogP contribution >= 0.6 is 0 Å². The molecule has 1 unspecified atom stereocenters. The van der Waals surface area contributed by atoms with Crippen LogP contribution in [0.1, 0.15) is 18.1 Å². The van der Waals surface area contributed by atoms with E-state index in [1.165, 1.54) is 23.2 Å². The van der Waals surface area contributed by atoms with Crippen LogP contribution in [0.3, 0.4) is 0 Å². The Balaban J connectivity index is 2.12. The van der Waals surface area contributed by atoms with Gasteiger partial charge in [-0.25, -0.2) is 9.20 Å². The molecular formula is C21H23N5O5S. The van der Waals surface area contributed by atoms with Gasteiger partial charge in [-0.15, -0.1) is 0 Å². The lowest BCUT2D eigenvalue weighted by molar-refractivity contribution is 0.412. The van der Waals surface area contributed by atoms with Crippen LogP contribution in [0.15, 0.2) is 44.7 Å². The lowest BCUT2D eigenvalue weighted by Gasteiger charge is -2.14. The van der Waals surface area contributed by atoms with Crippen molar-refractivity contribution in [2.75, 3.05) is 11.5 Å². The number of hydrogen-bond donors (Lipinski definition) is 1. The summed E-state index contributed by atoms with van der Waals surface area (Å²) in [6, 6.07) is 9.27. The topological polar surface area (TPSA) is 121 Å². The smallest absolute Gasteiger partial charge is 0.332 e. The maximum absolute atomic E-state index is 13.4. The molecule has 3 aromatic heterocycles. The second kappa shape index (κ2) is 8.23. The van der Waals surface area contributed by atoms with Crippen molar-refractivity contribution >= 4 is 27.7 Å². The van der Waals surface area contributed by atoms with Gasteiger partial charge in [-0.05, 0) is 12.0 Å². The van der Waals surface area contributed by atoms with E-state index in [1.807, 2.05) is 30.3 Å². The Morgan fingerprint density at radius 2 is 1.72 bits per heavy atom. The van der Waals surface area contributed by atoms with Crippen molar-refractivity contribution in [1.29, 1.82) is 0 Å². The second-order valence-corrected chi connectivity index (χ2v) is 9.35. The molecule has 10 nitrogen and oxygen atoms in total. The molecule has 3 heterocycles. The molecule has 1 N–H and O–H groups in total. The van der Waals surface area contributed by atoms with E-state index in [-0.39, 0.29) is 47.1 Å². The first-order valence-corrected chi connectivity index (χ1v) is 11.6. The second-order valence-electron chi connectivity index (χ2n) is 7.49. The van der Waals surface area contributed by atoms with Crippen LogP contribution in [-0.4, -0.2) is 43.9 Å². The van der Waals surface area contributed by atoms with Gasteiger partial charge in [0.05, 0.1) is 12.1 Å². The van der Waals surface area contributed by atoms with Crippen LogP contribution in [0, 0.1) is 0 Å². The minimum absolute atomic E-state index is 0.0463. The molecule has 4 aromatic rings. The maximum atomic E-state index is 13.4. The van der Waals surface area contributed by atoms with Gasteiger partial charge in [-0.1, -0.05) is 37.3 Å². The summed E-state index contributed by atoms with van der Waals surface area (Å²) < 4.78 is 16.7. The Morgan fingerprint density at radius 1 is 1.03 bits per heavy atom. The highest BCUT2D eigenvalue weighted by atomic mass is 32.2. The molecule has 1 atom stereocenters. The summed E-state index contributed by atoms with van der Waals surface area (Å²) in [6.45, 7) is 1.96. The molecule has 32 heavy (non-hydrogen) atoms. The van der Waals surface area contributed by atoms with Gasteiger partial charge >= 0.3 is 5.69 Å². The molecule has 0 saturated carbocycles. The van der Waals surface area contributed by atoms with Crippen molar-refractivity contribution < 1.29 is 9.32 Å². The standard InChI is InChI=1S/C21H23N5O5S/c1-4-32(31)11-10-14-17(27)25(12-13-8-6-5-7-9-13)20-22-16-15(26(20)18(14)28)19(29)24(3)21(30)23(16)2/h5-9,27H,4,10-12H2,1-3H3. The third-order valence-corrected chi connectivity index (χ3v) is 6.86. The van der Waals surface area contributed by atoms with Crippen molar-refractivity contribution in [2.24, 2.45) is 14.1 Å². The first-order valence-electron chi connectivity index (χ1n) is 10.1. The number of rotatable bonds is 6. The van der Waals surface area contributed by atoms with Crippen LogP contribution < -0.4 is 16.8 Å². The molecule has 0 bridgehead atoms. The molecule has 11 heteroatoms. The van der Waals surface area contributed by atoms with E-state index in [1.54, 1.807) is 6.92 Å². The molecule has 0 fully saturated rings. The summed E-state index contributed by atoms with van der Waals surface area (Å²) in [6.07, 6.45) is 0.0710. The van der Waals surface area contributed by atoms with E-state index in [4.69, 9.17) is 0 Å². The molecule has 0 saturated heterocycles. The largest absolute Gasteiger partial charge is 0.494 e. The lowest BCUT2D eigenvalue weighted by Crippen LogP contribution is -2.38. The number of aromatic hydroxyl groups is 1. The molecule has 0 spiro atoms. The van der Waals surface area contributed by atoms with Crippen LogP contribution in [0.4, 0.5) is 0 Å². The summed E-state index contributed by atoms with van der Waals surface area (Å²) in [5.41, 5.74) is -0.965. The van der Waals surface area contributed by atoms with Gasteiger partial charge in [0.2, 0.25) is 11.7 Å². The van der Waals surface area contributed by atoms with Gasteiger partial charge in [0.1, 0.15) is 0 Å². The van der Waals surface area contributed by atoms with Crippen LogP contribution in [0.25, 0.3) is 16.9 Å². The molecule has 0 amide bonds. The summed E-state index contributed by atoms with van der Waals surface area (Å²) in [7, 11) is 1.65. The van der Waals surface area contributed by atoms with Gasteiger partial charge < -0.3 is 5.11 Å². The van der Waals surface area contributed by atoms with Crippen LogP contribution in [-0.2, 0) is 37.9 Å². The lowest BCUT2D eigenvalue weighted by atomic mass is 10.2. The first kappa shape index (κ1) is 21.8. The Hall–Kier alpha value is -3.47. The number of aromatic nitrogens is 5. The Bertz CT molecular complexity index is 1550. The molecule has 0 aliphatic heterocycles. The molecule has 0 aliphatic carbocycles. The van der Waals surface area contributed by atoms with Crippen molar-refractivity contribution in [2.45, 2.75) is 19.9 Å². The average Bonchev–Trinajstić information content (AvgIpc) is 3.20. The SMILES string of the molecule is CCS(=O)CCc1c(O)n(Cc2ccccc2)c2nc3c(c(=O)n(C)c(=O)n3C)n2c1=O. The van der Waals surface area contributed by atoms with Crippen molar-refractivity contribution in [1.82, 2.24) is 23.1 Å². The van der Waals surface area contributed by atoms with E-state index in [9.17, 15) is 23.7 Å². The van der Waals surface area contributed by atoms with Crippen LogP contribution in [0.2, 0.25) is 0 Å². The minimum atomic E-state index is -1.15. The van der Waals surface area contributed by atoms with Gasteiger partial charge in [0.15, 0.2) is 11.2 Å². The van der Waals surface area contributed by atoms with Gasteiger partial charge in [-0.3, -0.25) is 27.5 Å². The zero-order valence-electron chi connectivity index (χ0n) is 17.9. The molecule has 0 aliphatic rings. The van der Waals surface area contributed by atoms with E-state index in [2.05, 4.69) is 4.98 Å². The fourth-order valence-corrected chi connectivity index (χ4v) is 4.46. The highest BCUT2D eigenvalue weighted by Crippen LogP contribution is 2.22. The fraction of sp³-hybridized carbons (Fsp3) is 0.333. The third kappa shape index (κ3) is 3.38. The number of benzene rings is 1.